The van der Waals surface area contributed by atoms with Crippen molar-refractivity contribution in [3.63, 3.8) is 0 Å². The molecule has 1 aromatic carbocycles. The van der Waals surface area contributed by atoms with E-state index in [-0.39, 0.29) is 6.61 Å². The molecular formula is C22H25N3O2. The van der Waals surface area contributed by atoms with Gasteiger partial charge in [-0.05, 0) is 43.3 Å². The maximum absolute atomic E-state index is 10.5. The largest absolute Gasteiger partial charge is 0.491 e. The number of aliphatic hydroxyl groups is 1. The van der Waals surface area contributed by atoms with Crippen LogP contribution in [0, 0.1) is 6.92 Å². The molecule has 0 spiro atoms. The Morgan fingerprint density at radius 3 is 2.00 bits per heavy atom. The second-order valence-electron chi connectivity index (χ2n) is 6.59. The van der Waals surface area contributed by atoms with Crippen molar-refractivity contribution in [1.82, 2.24) is 14.9 Å². The summed E-state index contributed by atoms with van der Waals surface area (Å²) in [5, 5.41) is 10.5. The first kappa shape index (κ1) is 19.0. The van der Waals surface area contributed by atoms with Gasteiger partial charge in [0.05, 0.1) is 11.4 Å². The molecule has 3 rings (SSSR count). The van der Waals surface area contributed by atoms with Crippen LogP contribution in [0.25, 0.3) is 0 Å². The van der Waals surface area contributed by atoms with Gasteiger partial charge in [-0.25, -0.2) is 0 Å². The summed E-state index contributed by atoms with van der Waals surface area (Å²) in [5.74, 6) is 0.764. The van der Waals surface area contributed by atoms with Gasteiger partial charge >= 0.3 is 0 Å². The summed E-state index contributed by atoms with van der Waals surface area (Å²) in [4.78, 5) is 10.9. The zero-order valence-corrected chi connectivity index (χ0v) is 15.5. The third-order valence-corrected chi connectivity index (χ3v) is 4.16. The third kappa shape index (κ3) is 6.47. The Balaban J connectivity index is 1.59. The summed E-state index contributed by atoms with van der Waals surface area (Å²) in [6.45, 7) is 4.02. The molecule has 140 valence electrons. The van der Waals surface area contributed by atoms with E-state index >= 15 is 0 Å². The van der Waals surface area contributed by atoms with Crippen LogP contribution in [0.1, 0.15) is 17.0 Å². The highest BCUT2D eigenvalue weighted by molar-refractivity contribution is 5.26. The zero-order valence-electron chi connectivity index (χ0n) is 15.5. The van der Waals surface area contributed by atoms with Crippen molar-refractivity contribution in [2.75, 3.05) is 13.2 Å². The third-order valence-electron chi connectivity index (χ3n) is 4.16. The number of hydrogen-bond donors (Lipinski definition) is 1. The normalized spacial score (nSPS) is 12.1. The molecule has 0 bridgehead atoms. The minimum Gasteiger partial charge on any atom is -0.491 e. The van der Waals surface area contributed by atoms with Crippen LogP contribution in [0.2, 0.25) is 0 Å². The minimum atomic E-state index is -0.612. The lowest BCUT2D eigenvalue weighted by molar-refractivity contribution is 0.0620. The van der Waals surface area contributed by atoms with E-state index in [4.69, 9.17) is 4.74 Å². The fraction of sp³-hybridized carbons (Fsp3) is 0.273. The fourth-order valence-corrected chi connectivity index (χ4v) is 2.80. The number of hydrogen-bond acceptors (Lipinski definition) is 5. The number of aliphatic hydroxyl groups excluding tert-OH is 1. The first-order valence-corrected chi connectivity index (χ1v) is 9.09. The van der Waals surface area contributed by atoms with Crippen molar-refractivity contribution in [3.8, 4) is 5.75 Å². The van der Waals surface area contributed by atoms with Crippen molar-refractivity contribution in [2.45, 2.75) is 26.1 Å². The molecule has 0 aliphatic heterocycles. The van der Waals surface area contributed by atoms with Crippen LogP contribution in [0.15, 0.2) is 73.1 Å². The Bertz CT molecular complexity index is 753. The van der Waals surface area contributed by atoms with E-state index < -0.39 is 6.10 Å². The maximum atomic E-state index is 10.5. The number of ether oxygens (including phenoxy) is 1. The van der Waals surface area contributed by atoms with Crippen LogP contribution in [0.3, 0.4) is 0 Å². The van der Waals surface area contributed by atoms with Gasteiger partial charge in [-0.3, -0.25) is 14.9 Å². The van der Waals surface area contributed by atoms with E-state index in [2.05, 4.69) is 14.9 Å². The minimum absolute atomic E-state index is 0.240. The topological polar surface area (TPSA) is 58.5 Å². The van der Waals surface area contributed by atoms with Crippen LogP contribution in [-0.2, 0) is 13.1 Å². The molecule has 0 aliphatic carbocycles. The summed E-state index contributed by atoms with van der Waals surface area (Å²) >= 11 is 0. The quantitative estimate of drug-likeness (QED) is 0.632. The van der Waals surface area contributed by atoms with Crippen molar-refractivity contribution in [2.24, 2.45) is 0 Å². The lowest BCUT2D eigenvalue weighted by Gasteiger charge is -2.24. The zero-order chi connectivity index (χ0) is 18.9. The first-order chi connectivity index (χ1) is 13.2. The van der Waals surface area contributed by atoms with E-state index in [1.807, 2.05) is 67.6 Å². The fourth-order valence-electron chi connectivity index (χ4n) is 2.80. The van der Waals surface area contributed by atoms with Crippen molar-refractivity contribution >= 4 is 0 Å². The first-order valence-electron chi connectivity index (χ1n) is 9.09. The lowest BCUT2D eigenvalue weighted by Crippen LogP contribution is -2.35. The van der Waals surface area contributed by atoms with E-state index in [0.29, 0.717) is 19.6 Å². The van der Waals surface area contributed by atoms with E-state index in [1.54, 1.807) is 12.4 Å². The van der Waals surface area contributed by atoms with Crippen LogP contribution in [0.5, 0.6) is 5.75 Å². The molecule has 0 aliphatic rings. The molecule has 27 heavy (non-hydrogen) atoms. The van der Waals surface area contributed by atoms with Gasteiger partial charge in [0.1, 0.15) is 18.5 Å². The summed E-state index contributed by atoms with van der Waals surface area (Å²) in [6, 6.07) is 19.5. The van der Waals surface area contributed by atoms with Gasteiger partial charge in [-0.1, -0.05) is 29.8 Å². The van der Waals surface area contributed by atoms with Crippen LogP contribution >= 0.6 is 0 Å². The van der Waals surface area contributed by atoms with Gasteiger partial charge in [0, 0.05) is 32.0 Å². The highest BCUT2D eigenvalue weighted by Crippen LogP contribution is 2.13. The molecule has 0 fully saturated rings. The Hall–Kier alpha value is -2.76. The Labute approximate surface area is 160 Å². The Kier molecular flexibility index (Phi) is 6.90. The van der Waals surface area contributed by atoms with E-state index in [0.717, 1.165) is 17.1 Å². The number of nitrogens with zero attached hydrogens (tertiary/aromatic N) is 3. The SMILES string of the molecule is Cc1ccc(OCC(O)CN(Cc2ccccn2)Cc2ccccn2)cc1. The second-order valence-corrected chi connectivity index (χ2v) is 6.59. The predicted molar refractivity (Wildman–Crippen MR) is 105 cm³/mol. The summed E-state index contributed by atoms with van der Waals surface area (Å²) in [5.41, 5.74) is 3.10. The molecule has 1 N–H and O–H groups in total. The summed E-state index contributed by atoms with van der Waals surface area (Å²) < 4.78 is 5.72. The molecule has 0 radical (unpaired) electrons. The molecule has 1 unspecified atom stereocenters. The highest BCUT2D eigenvalue weighted by atomic mass is 16.5. The van der Waals surface area contributed by atoms with Gasteiger partial charge in [-0.15, -0.1) is 0 Å². The summed E-state index contributed by atoms with van der Waals surface area (Å²) in [6.07, 6.45) is 2.95. The number of pyridine rings is 2. The van der Waals surface area contributed by atoms with Gasteiger partial charge in [0.25, 0.3) is 0 Å². The molecule has 1 atom stereocenters. The van der Waals surface area contributed by atoms with Crippen LogP contribution in [-0.4, -0.2) is 39.2 Å². The van der Waals surface area contributed by atoms with Gasteiger partial charge in [-0.2, -0.15) is 0 Å². The van der Waals surface area contributed by atoms with E-state index in [1.165, 1.54) is 5.56 Å². The molecule has 0 amide bonds. The number of rotatable bonds is 9. The number of aromatic nitrogens is 2. The number of aryl methyl sites for hydroxylation is 1. The standard InChI is InChI=1S/C22H25N3O2/c1-18-8-10-22(11-9-18)27-17-21(26)16-25(14-19-6-2-4-12-23-19)15-20-7-3-5-13-24-20/h2-13,21,26H,14-17H2,1H3. The van der Waals surface area contributed by atoms with E-state index in [9.17, 15) is 5.11 Å². The molecule has 5 nitrogen and oxygen atoms in total. The molecule has 5 heteroatoms. The molecule has 0 saturated carbocycles. The predicted octanol–water partition coefficient (Wildman–Crippen LogP) is 3.23. The molecule has 2 aromatic heterocycles. The average Bonchev–Trinajstić information content (AvgIpc) is 2.69. The molecule has 3 aromatic rings. The van der Waals surface area contributed by atoms with Gasteiger partial charge in [0.2, 0.25) is 0 Å². The van der Waals surface area contributed by atoms with Crippen molar-refractivity contribution in [1.29, 1.82) is 0 Å². The lowest BCUT2D eigenvalue weighted by atomic mass is 10.2. The maximum Gasteiger partial charge on any atom is 0.119 e. The average molecular weight is 363 g/mol. The summed E-state index contributed by atoms with van der Waals surface area (Å²) in [7, 11) is 0. The van der Waals surface area contributed by atoms with Crippen LogP contribution in [0.4, 0.5) is 0 Å². The monoisotopic (exact) mass is 363 g/mol. The molecule has 0 saturated heterocycles. The van der Waals surface area contributed by atoms with Crippen molar-refractivity contribution < 1.29 is 9.84 Å². The van der Waals surface area contributed by atoms with Gasteiger partial charge < -0.3 is 9.84 Å². The molecule has 2 heterocycles. The Morgan fingerprint density at radius 2 is 1.48 bits per heavy atom. The smallest absolute Gasteiger partial charge is 0.119 e. The van der Waals surface area contributed by atoms with Crippen molar-refractivity contribution in [3.05, 3.63) is 90.0 Å². The molecular weight excluding hydrogens is 338 g/mol. The Morgan fingerprint density at radius 1 is 0.889 bits per heavy atom. The van der Waals surface area contributed by atoms with Crippen LogP contribution < -0.4 is 4.74 Å². The van der Waals surface area contributed by atoms with Gasteiger partial charge in [0.15, 0.2) is 0 Å². The second kappa shape index (κ2) is 9.80. The number of benzene rings is 1. The highest BCUT2D eigenvalue weighted by Gasteiger charge is 2.15.